The van der Waals surface area contributed by atoms with Gasteiger partial charge in [-0.1, -0.05) is 6.07 Å². The first-order valence-corrected chi connectivity index (χ1v) is 6.60. The average molecular weight is 298 g/mol. The monoisotopic (exact) mass is 298 g/mol. The molecule has 112 valence electrons. The Morgan fingerprint density at radius 1 is 1.00 bits per heavy atom. The summed E-state index contributed by atoms with van der Waals surface area (Å²) in [5.41, 5.74) is 1.31. The molecule has 0 aliphatic heterocycles. The molecule has 1 N–H and O–H groups in total. The van der Waals surface area contributed by atoms with E-state index in [1.807, 2.05) is 0 Å². The van der Waals surface area contributed by atoms with Crippen molar-refractivity contribution in [3.63, 3.8) is 0 Å². The molecule has 0 fully saturated rings. The topological polar surface area (TPSA) is 56.3 Å². The van der Waals surface area contributed by atoms with E-state index >= 15 is 0 Å². The number of nitrogens with zero attached hydrogens (tertiary/aromatic N) is 2. The fraction of sp³-hybridized carbons (Fsp3) is 0.125. The molecule has 0 aliphatic rings. The van der Waals surface area contributed by atoms with Gasteiger partial charge in [-0.15, -0.1) is 0 Å². The smallest absolute Gasteiger partial charge is 0.162 e. The van der Waals surface area contributed by atoms with Crippen LogP contribution < -0.4 is 14.8 Å². The zero-order valence-electron chi connectivity index (χ0n) is 12.1. The van der Waals surface area contributed by atoms with Crippen LogP contribution in [0.25, 0.3) is 10.9 Å². The Labute approximate surface area is 126 Å². The maximum Gasteiger partial charge on any atom is 0.162 e. The van der Waals surface area contributed by atoms with Gasteiger partial charge in [-0.2, -0.15) is 0 Å². The van der Waals surface area contributed by atoms with Gasteiger partial charge in [0.15, 0.2) is 11.5 Å². The molecule has 2 aromatic carbocycles. The van der Waals surface area contributed by atoms with Crippen LogP contribution in [0, 0.1) is 5.82 Å². The Morgan fingerprint density at radius 2 is 1.77 bits per heavy atom. The van der Waals surface area contributed by atoms with Crippen LogP contribution in [0.1, 0.15) is 0 Å². The third-order valence-corrected chi connectivity index (χ3v) is 3.23. The van der Waals surface area contributed by atoms with Gasteiger partial charge in [0, 0.05) is 17.1 Å². The molecule has 1 aromatic heterocycles. The van der Waals surface area contributed by atoms with Crippen molar-refractivity contribution >= 4 is 22.4 Å². The molecule has 0 radical (unpaired) electrons. The molecule has 22 heavy (non-hydrogen) atoms. The second-order valence-electron chi connectivity index (χ2n) is 4.58. The highest BCUT2D eigenvalue weighted by Crippen LogP contribution is 2.34. The molecule has 0 saturated heterocycles. The normalized spacial score (nSPS) is 10.5. The molecule has 5 nitrogen and oxygen atoms in total. The molecule has 6 heteroatoms. The van der Waals surface area contributed by atoms with Crippen LogP contribution in [0.15, 0.2) is 42.7 Å². The van der Waals surface area contributed by atoms with Crippen LogP contribution >= 0.6 is 0 Å². The van der Waals surface area contributed by atoms with Crippen LogP contribution in [0.2, 0.25) is 0 Å². The van der Waals surface area contributed by atoms with E-state index in [4.69, 9.17) is 9.47 Å². The SMILES string of the molecule is COc1cc2ncnc(Nc3cccc([18F])c3)c2cc1OC. The lowest BCUT2D eigenvalue weighted by atomic mass is 10.2. The molecule has 0 bridgehead atoms. The van der Waals surface area contributed by atoms with Crippen molar-refractivity contribution in [1.82, 2.24) is 9.97 Å². The zero-order valence-corrected chi connectivity index (χ0v) is 12.1. The van der Waals surface area contributed by atoms with Gasteiger partial charge >= 0.3 is 0 Å². The third kappa shape index (κ3) is 2.63. The zero-order chi connectivity index (χ0) is 15.5. The van der Waals surface area contributed by atoms with Crippen molar-refractivity contribution in [2.24, 2.45) is 0 Å². The Hall–Kier alpha value is -2.89. The van der Waals surface area contributed by atoms with Crippen LogP contribution in [-0.4, -0.2) is 24.2 Å². The van der Waals surface area contributed by atoms with E-state index in [2.05, 4.69) is 15.3 Å². The molecule has 0 aliphatic carbocycles. The van der Waals surface area contributed by atoms with Gasteiger partial charge in [0.25, 0.3) is 0 Å². The summed E-state index contributed by atoms with van der Waals surface area (Å²) in [5.74, 6) is 1.41. The highest BCUT2D eigenvalue weighted by Gasteiger charge is 2.11. The number of halogens is 1. The van der Waals surface area contributed by atoms with Gasteiger partial charge in [-0.3, -0.25) is 0 Å². The molecule has 3 aromatic rings. The minimum atomic E-state index is -0.317. The second kappa shape index (κ2) is 5.85. The van der Waals surface area contributed by atoms with Crippen molar-refractivity contribution in [2.45, 2.75) is 0 Å². The fourth-order valence-corrected chi connectivity index (χ4v) is 2.19. The highest BCUT2D eigenvalue weighted by atomic mass is 18.2. The van der Waals surface area contributed by atoms with E-state index in [9.17, 15) is 4.39 Å². The van der Waals surface area contributed by atoms with E-state index < -0.39 is 0 Å². The van der Waals surface area contributed by atoms with Crippen molar-refractivity contribution < 1.29 is 13.9 Å². The fourth-order valence-electron chi connectivity index (χ4n) is 2.19. The lowest BCUT2D eigenvalue weighted by Gasteiger charge is -2.12. The summed E-state index contributed by atoms with van der Waals surface area (Å²) in [7, 11) is 3.13. The number of ether oxygens (including phenoxy) is 2. The quantitative estimate of drug-likeness (QED) is 0.798. The van der Waals surface area contributed by atoms with E-state index in [1.165, 1.54) is 18.5 Å². The number of benzene rings is 2. The summed E-state index contributed by atoms with van der Waals surface area (Å²) in [6, 6.07) is 9.73. The summed E-state index contributed by atoms with van der Waals surface area (Å²) < 4.78 is 23.9. The summed E-state index contributed by atoms with van der Waals surface area (Å²) in [4.78, 5) is 8.45. The molecule has 0 unspecified atom stereocenters. The standard InChI is InChI=1S/C16H14FN3O2/c1-21-14-7-12-13(8-15(14)22-2)18-9-19-16(12)20-11-5-3-4-10(17)6-11/h3-9H,1-2H3,(H,18,19,20)/i17-1. The lowest BCUT2D eigenvalue weighted by Crippen LogP contribution is -1.98. The maximum absolute atomic E-state index is 13.3. The number of rotatable bonds is 4. The lowest BCUT2D eigenvalue weighted by molar-refractivity contribution is 0.356. The number of aromatic nitrogens is 2. The second-order valence-corrected chi connectivity index (χ2v) is 4.58. The van der Waals surface area contributed by atoms with Gasteiger partial charge in [0.05, 0.1) is 19.7 Å². The molecule has 0 saturated carbocycles. The minimum Gasteiger partial charge on any atom is -0.493 e. The Morgan fingerprint density at radius 3 is 2.50 bits per heavy atom. The van der Waals surface area contributed by atoms with Crippen LogP contribution in [0.4, 0.5) is 15.9 Å². The largest absolute Gasteiger partial charge is 0.493 e. The Kier molecular flexibility index (Phi) is 3.74. The summed E-state index contributed by atoms with van der Waals surface area (Å²) >= 11 is 0. The van der Waals surface area contributed by atoms with Crippen LogP contribution in [-0.2, 0) is 0 Å². The molecule has 3 rings (SSSR count). The number of methoxy groups -OCH3 is 2. The predicted octanol–water partition coefficient (Wildman–Crippen LogP) is 3.53. The highest BCUT2D eigenvalue weighted by molar-refractivity contribution is 5.93. The molecule has 0 spiro atoms. The minimum absolute atomic E-state index is 0.317. The number of hydrogen-bond donors (Lipinski definition) is 1. The first-order valence-electron chi connectivity index (χ1n) is 6.60. The van der Waals surface area contributed by atoms with Gasteiger partial charge in [-0.25, -0.2) is 14.4 Å². The van der Waals surface area contributed by atoms with Gasteiger partial charge in [0.1, 0.15) is 18.0 Å². The van der Waals surface area contributed by atoms with Crippen LogP contribution in [0.5, 0.6) is 11.5 Å². The summed E-state index contributed by atoms with van der Waals surface area (Å²) in [6.07, 6.45) is 1.44. The number of fused-ring (bicyclic) bond motifs is 1. The number of nitrogens with one attached hydrogen (secondary N) is 1. The maximum atomic E-state index is 13.3. The number of hydrogen-bond acceptors (Lipinski definition) is 5. The van der Waals surface area contributed by atoms with Gasteiger partial charge in [0.2, 0.25) is 0 Å². The molecular weight excluding hydrogens is 284 g/mol. The Balaban J connectivity index is 2.09. The average Bonchev–Trinajstić information content (AvgIpc) is 2.54. The summed E-state index contributed by atoms with van der Waals surface area (Å²) in [6.45, 7) is 0. The first kappa shape index (κ1) is 14.1. The predicted molar refractivity (Wildman–Crippen MR) is 82.3 cm³/mol. The third-order valence-electron chi connectivity index (χ3n) is 3.23. The van der Waals surface area contributed by atoms with Crippen molar-refractivity contribution in [3.8, 4) is 11.5 Å². The summed E-state index contributed by atoms with van der Waals surface area (Å²) in [5, 5.41) is 3.84. The number of anilines is 2. The molecular formula is C16H14FN3O2. The molecule has 1 heterocycles. The van der Waals surface area contributed by atoms with E-state index in [0.29, 0.717) is 28.5 Å². The van der Waals surface area contributed by atoms with Gasteiger partial charge in [-0.05, 0) is 24.3 Å². The van der Waals surface area contributed by atoms with E-state index in [-0.39, 0.29) is 5.82 Å². The van der Waals surface area contributed by atoms with E-state index in [0.717, 1.165) is 5.39 Å². The van der Waals surface area contributed by atoms with Crippen LogP contribution in [0.3, 0.4) is 0 Å². The molecule has 0 atom stereocenters. The van der Waals surface area contributed by atoms with Crippen molar-refractivity contribution in [3.05, 3.63) is 48.5 Å². The van der Waals surface area contributed by atoms with Crippen molar-refractivity contribution in [2.75, 3.05) is 19.5 Å². The van der Waals surface area contributed by atoms with Crippen molar-refractivity contribution in [1.29, 1.82) is 0 Å². The van der Waals surface area contributed by atoms with Gasteiger partial charge < -0.3 is 14.8 Å². The first-order chi connectivity index (χ1) is 10.7. The Bertz CT molecular complexity index is 824. The molecule has 0 amide bonds. The van der Waals surface area contributed by atoms with E-state index in [1.54, 1.807) is 38.5 Å².